The highest BCUT2D eigenvalue weighted by Gasteiger charge is 2.26. The molecule has 0 radical (unpaired) electrons. The van der Waals surface area contributed by atoms with E-state index < -0.39 is 5.97 Å². The summed E-state index contributed by atoms with van der Waals surface area (Å²) in [4.78, 5) is 13.1. The number of benzene rings is 1. The van der Waals surface area contributed by atoms with E-state index in [1.807, 2.05) is 0 Å². The number of piperidine rings is 1. The van der Waals surface area contributed by atoms with Crippen LogP contribution in [0.2, 0.25) is 0 Å². The van der Waals surface area contributed by atoms with Crippen LogP contribution in [0, 0.1) is 18.7 Å². The first-order valence-corrected chi connectivity index (χ1v) is 7.26. The first kappa shape index (κ1) is 15.3. The summed E-state index contributed by atoms with van der Waals surface area (Å²) < 4.78 is 13.2. The third kappa shape index (κ3) is 3.70. The van der Waals surface area contributed by atoms with Crippen LogP contribution in [0.1, 0.15) is 29.3 Å². The maximum Gasteiger partial charge on any atom is 0.307 e. The van der Waals surface area contributed by atoms with Gasteiger partial charge in [-0.1, -0.05) is 12.1 Å². The van der Waals surface area contributed by atoms with Gasteiger partial charge in [-0.3, -0.25) is 4.79 Å². The zero-order valence-corrected chi connectivity index (χ0v) is 12.2. The number of hydrogen-bond acceptors (Lipinski definition) is 2. The minimum atomic E-state index is -0.738. The van der Waals surface area contributed by atoms with Crippen LogP contribution in [0.3, 0.4) is 0 Å². The van der Waals surface area contributed by atoms with Gasteiger partial charge in [-0.25, -0.2) is 4.39 Å². The summed E-state index contributed by atoms with van der Waals surface area (Å²) in [7, 11) is 0. The monoisotopic (exact) mass is 299 g/mol. The average Bonchev–Trinajstić information content (AvgIpc) is 2.42. The predicted molar refractivity (Wildman–Crippen MR) is 76.5 cm³/mol. The van der Waals surface area contributed by atoms with Crippen molar-refractivity contribution in [3.63, 3.8) is 0 Å². The Balaban J connectivity index is 1.98. The molecule has 1 aromatic rings. The molecule has 3 nitrogen and oxygen atoms in total. The number of nitrogens with zero attached hydrogens (tertiary/aromatic N) is 1. The number of carbonyl (C=O) groups is 1. The Morgan fingerprint density at radius 3 is 3.00 bits per heavy atom. The van der Waals surface area contributed by atoms with Crippen molar-refractivity contribution in [3.8, 4) is 0 Å². The van der Waals surface area contributed by atoms with Crippen LogP contribution in [0.4, 0.5) is 4.39 Å². The molecule has 1 aliphatic heterocycles. The number of likely N-dealkylation sites (tertiary alicyclic amines) is 1. The van der Waals surface area contributed by atoms with Gasteiger partial charge in [-0.2, -0.15) is 0 Å². The molecule has 0 aromatic heterocycles. The number of rotatable bonds is 4. The van der Waals surface area contributed by atoms with Crippen molar-refractivity contribution >= 4 is 17.6 Å². The van der Waals surface area contributed by atoms with E-state index in [4.69, 9.17) is 16.7 Å². The van der Waals surface area contributed by atoms with E-state index in [2.05, 4.69) is 4.90 Å². The van der Waals surface area contributed by atoms with E-state index >= 15 is 0 Å². The van der Waals surface area contributed by atoms with Crippen molar-refractivity contribution in [2.75, 3.05) is 19.6 Å². The second-order valence-electron chi connectivity index (χ2n) is 5.41. The molecule has 0 amide bonds. The van der Waals surface area contributed by atoms with Gasteiger partial charge >= 0.3 is 5.97 Å². The SMILES string of the molecule is Cc1cc(C(Cl)CN2CCCC(C(=O)O)C2)ccc1F. The van der Waals surface area contributed by atoms with Crippen LogP contribution < -0.4 is 0 Å². The smallest absolute Gasteiger partial charge is 0.307 e. The molecule has 0 saturated carbocycles. The van der Waals surface area contributed by atoms with Crippen molar-refractivity contribution in [2.24, 2.45) is 5.92 Å². The molecule has 1 aromatic carbocycles. The molecule has 1 N–H and O–H groups in total. The fourth-order valence-electron chi connectivity index (χ4n) is 2.62. The van der Waals surface area contributed by atoms with Crippen LogP contribution >= 0.6 is 11.6 Å². The molecule has 1 heterocycles. The largest absolute Gasteiger partial charge is 0.481 e. The minimum absolute atomic E-state index is 0.235. The molecule has 5 heteroatoms. The minimum Gasteiger partial charge on any atom is -0.481 e. The summed E-state index contributed by atoms with van der Waals surface area (Å²) in [5.74, 6) is -1.28. The van der Waals surface area contributed by atoms with E-state index in [1.54, 1.807) is 19.1 Å². The number of hydrogen-bond donors (Lipinski definition) is 1. The Bertz CT molecular complexity index is 495. The lowest BCUT2D eigenvalue weighted by Gasteiger charge is -2.32. The Kier molecular flexibility index (Phi) is 5.00. The lowest BCUT2D eigenvalue weighted by atomic mass is 9.97. The number of alkyl halides is 1. The van der Waals surface area contributed by atoms with Gasteiger partial charge in [0.25, 0.3) is 0 Å². The van der Waals surface area contributed by atoms with Crippen LogP contribution in [0.25, 0.3) is 0 Å². The fraction of sp³-hybridized carbons (Fsp3) is 0.533. The Morgan fingerprint density at radius 1 is 1.60 bits per heavy atom. The number of aryl methyl sites for hydroxylation is 1. The predicted octanol–water partition coefficient (Wildman–Crippen LogP) is 3.21. The number of halogens is 2. The van der Waals surface area contributed by atoms with Gasteiger partial charge in [0.15, 0.2) is 0 Å². The van der Waals surface area contributed by atoms with Crippen molar-refractivity contribution in [2.45, 2.75) is 25.1 Å². The van der Waals surface area contributed by atoms with Gasteiger partial charge < -0.3 is 10.0 Å². The van der Waals surface area contributed by atoms with Crippen molar-refractivity contribution in [3.05, 3.63) is 35.1 Å². The van der Waals surface area contributed by atoms with E-state index in [0.29, 0.717) is 18.7 Å². The zero-order valence-electron chi connectivity index (χ0n) is 11.5. The Labute approximate surface area is 123 Å². The molecular formula is C15H19ClFNO2. The molecule has 2 rings (SSSR count). The van der Waals surface area contributed by atoms with Crippen molar-refractivity contribution in [1.82, 2.24) is 4.90 Å². The highest BCUT2D eigenvalue weighted by atomic mass is 35.5. The summed E-state index contributed by atoms with van der Waals surface area (Å²) in [5.41, 5.74) is 1.46. The quantitative estimate of drug-likeness (QED) is 0.868. The molecule has 1 aliphatic rings. The maximum absolute atomic E-state index is 13.2. The first-order valence-electron chi connectivity index (χ1n) is 6.82. The standard InChI is InChI=1S/C15H19ClFNO2/c1-10-7-11(4-5-14(10)17)13(16)9-18-6-2-3-12(8-18)15(19)20/h4-5,7,12-13H,2-3,6,8-9H2,1H3,(H,19,20). The molecule has 0 bridgehead atoms. The summed E-state index contributed by atoms with van der Waals surface area (Å²) in [6.07, 6.45) is 1.61. The van der Waals surface area contributed by atoms with Crippen molar-refractivity contribution < 1.29 is 14.3 Å². The third-order valence-corrected chi connectivity index (χ3v) is 4.21. The summed E-state index contributed by atoms with van der Waals surface area (Å²) >= 11 is 6.38. The molecule has 20 heavy (non-hydrogen) atoms. The van der Waals surface area contributed by atoms with E-state index in [9.17, 15) is 9.18 Å². The fourth-order valence-corrected chi connectivity index (χ4v) is 2.95. The van der Waals surface area contributed by atoms with E-state index in [1.165, 1.54) is 6.07 Å². The summed E-state index contributed by atoms with van der Waals surface area (Å²) in [5, 5.41) is 8.82. The van der Waals surface area contributed by atoms with Crippen LogP contribution in [-0.4, -0.2) is 35.6 Å². The maximum atomic E-state index is 13.2. The van der Waals surface area contributed by atoms with Crippen molar-refractivity contribution in [1.29, 1.82) is 0 Å². The summed E-state index contributed by atoms with van der Waals surface area (Å²) in [6.45, 7) is 3.71. The first-order chi connectivity index (χ1) is 9.47. The van der Waals surface area contributed by atoms with Crippen LogP contribution in [0.15, 0.2) is 18.2 Å². The lowest BCUT2D eigenvalue weighted by Crippen LogP contribution is -2.40. The average molecular weight is 300 g/mol. The van der Waals surface area contributed by atoms with Gasteiger partial charge in [0.2, 0.25) is 0 Å². The number of carboxylic acids is 1. The van der Waals surface area contributed by atoms with Gasteiger partial charge in [-0.15, -0.1) is 11.6 Å². The van der Waals surface area contributed by atoms with Gasteiger partial charge in [0, 0.05) is 13.1 Å². The van der Waals surface area contributed by atoms with Gasteiger partial charge in [-0.05, 0) is 43.5 Å². The van der Waals surface area contributed by atoms with Gasteiger partial charge in [0.1, 0.15) is 5.82 Å². The van der Waals surface area contributed by atoms with E-state index in [0.717, 1.165) is 24.9 Å². The second-order valence-corrected chi connectivity index (χ2v) is 5.94. The highest BCUT2D eigenvalue weighted by Crippen LogP contribution is 2.26. The molecule has 0 aliphatic carbocycles. The Hall–Kier alpha value is -1.13. The zero-order chi connectivity index (χ0) is 14.7. The molecule has 1 fully saturated rings. The molecule has 2 atom stereocenters. The second kappa shape index (κ2) is 6.55. The summed E-state index contributed by atoms with van der Waals surface area (Å²) in [6, 6.07) is 4.88. The Morgan fingerprint density at radius 2 is 2.35 bits per heavy atom. The molecule has 0 spiro atoms. The van der Waals surface area contributed by atoms with Crippen LogP contribution in [-0.2, 0) is 4.79 Å². The third-order valence-electron chi connectivity index (χ3n) is 3.82. The van der Waals surface area contributed by atoms with Crippen LogP contribution in [0.5, 0.6) is 0 Å². The lowest BCUT2D eigenvalue weighted by molar-refractivity contribution is -0.143. The topological polar surface area (TPSA) is 40.5 Å². The molecule has 2 unspecified atom stereocenters. The normalized spacial score (nSPS) is 21.6. The molecular weight excluding hydrogens is 281 g/mol. The number of carboxylic acid groups (broad SMARTS) is 1. The molecule has 1 saturated heterocycles. The van der Waals surface area contributed by atoms with E-state index in [-0.39, 0.29) is 17.1 Å². The van der Waals surface area contributed by atoms with Gasteiger partial charge in [0.05, 0.1) is 11.3 Å². The molecule has 110 valence electrons. The number of aliphatic carboxylic acids is 1. The highest BCUT2D eigenvalue weighted by molar-refractivity contribution is 6.21.